The second-order valence-electron chi connectivity index (χ2n) is 7.93. The minimum atomic E-state index is -0.384. The van der Waals surface area contributed by atoms with Crippen LogP contribution >= 0.6 is 11.8 Å². The van der Waals surface area contributed by atoms with Gasteiger partial charge in [-0.1, -0.05) is 23.0 Å². The van der Waals surface area contributed by atoms with Crippen molar-refractivity contribution in [1.29, 1.82) is 0 Å². The summed E-state index contributed by atoms with van der Waals surface area (Å²) in [7, 11) is 1.43. The van der Waals surface area contributed by atoms with Crippen molar-refractivity contribution in [3.63, 3.8) is 0 Å². The number of nitrogens with one attached hydrogen (secondary N) is 2. The van der Waals surface area contributed by atoms with Crippen molar-refractivity contribution in [2.75, 3.05) is 12.4 Å². The first kappa shape index (κ1) is 21.8. The van der Waals surface area contributed by atoms with Crippen molar-refractivity contribution < 1.29 is 18.9 Å². The number of fused-ring (bicyclic) bond motifs is 2. The molecule has 2 N–H and O–H groups in total. The van der Waals surface area contributed by atoms with Crippen LogP contribution in [0, 0.1) is 6.92 Å². The molecule has 4 aromatic rings. The Labute approximate surface area is 198 Å². The average molecular weight is 477 g/mol. The van der Waals surface area contributed by atoms with Gasteiger partial charge in [-0.15, -0.1) is 0 Å². The number of imide groups is 1. The Morgan fingerprint density at radius 2 is 1.94 bits per heavy atom. The minimum Gasteiger partial charge on any atom is -0.339 e. The van der Waals surface area contributed by atoms with Crippen molar-refractivity contribution in [2.24, 2.45) is 0 Å². The Hall–Kier alpha value is -3.99. The summed E-state index contributed by atoms with van der Waals surface area (Å²) in [4.78, 5) is 49.6. The number of aryl methyl sites for hydroxylation is 2. The molecule has 0 saturated heterocycles. The zero-order valence-electron chi connectivity index (χ0n) is 18.4. The van der Waals surface area contributed by atoms with E-state index in [1.807, 2.05) is 25.1 Å². The number of rotatable bonds is 7. The summed E-state index contributed by atoms with van der Waals surface area (Å²) < 4.78 is 5.25. The number of carbonyl (C=O) groups excluding carboxylic acids is 3. The summed E-state index contributed by atoms with van der Waals surface area (Å²) in [5.41, 5.74) is 4.10. The molecule has 3 amide bonds. The molecule has 1 aliphatic heterocycles. The Bertz CT molecular complexity index is 1440. The lowest BCUT2D eigenvalue weighted by molar-refractivity contribution is -0.116. The number of anilines is 1. The van der Waals surface area contributed by atoms with Crippen molar-refractivity contribution in [3.8, 4) is 0 Å². The molecule has 1 aliphatic rings. The van der Waals surface area contributed by atoms with Crippen molar-refractivity contribution in [2.45, 2.75) is 30.7 Å². The fraction of sp³-hybridized carbons (Fsp3) is 0.217. The van der Waals surface area contributed by atoms with Crippen molar-refractivity contribution in [3.05, 3.63) is 64.8 Å². The summed E-state index contributed by atoms with van der Waals surface area (Å²) in [6, 6.07) is 10.7. The normalized spacial score (nSPS) is 13.1. The van der Waals surface area contributed by atoms with Crippen LogP contribution in [0.5, 0.6) is 0 Å². The molecule has 0 spiro atoms. The van der Waals surface area contributed by atoms with Gasteiger partial charge in [0.05, 0.1) is 27.9 Å². The van der Waals surface area contributed by atoms with E-state index < -0.39 is 0 Å². The molecule has 0 unspecified atom stereocenters. The van der Waals surface area contributed by atoms with Gasteiger partial charge in [0.2, 0.25) is 11.8 Å². The highest BCUT2D eigenvalue weighted by Crippen LogP contribution is 2.25. The van der Waals surface area contributed by atoms with Gasteiger partial charge in [0.25, 0.3) is 11.8 Å². The molecule has 0 aliphatic carbocycles. The molecule has 5 rings (SSSR count). The lowest BCUT2D eigenvalue weighted by Crippen LogP contribution is -2.24. The Morgan fingerprint density at radius 1 is 1.12 bits per heavy atom. The summed E-state index contributed by atoms with van der Waals surface area (Å²) >= 11 is 1.47. The maximum Gasteiger partial charge on any atom is 0.261 e. The Kier molecular flexibility index (Phi) is 5.62. The SMILES string of the molecule is Cc1ccc2nc(SCc3noc(CCC(=O)Nc4ccc5c(c4)C(=O)N(C)C5=O)n3)[nH]c2c1. The molecular weight excluding hydrogens is 456 g/mol. The van der Waals surface area contributed by atoms with E-state index in [9.17, 15) is 14.4 Å². The number of hydrogen-bond donors (Lipinski definition) is 2. The van der Waals surface area contributed by atoms with Crippen LogP contribution in [0.3, 0.4) is 0 Å². The Morgan fingerprint density at radius 3 is 2.79 bits per heavy atom. The quantitative estimate of drug-likeness (QED) is 0.306. The molecule has 11 heteroatoms. The number of aromatic amines is 1. The fourth-order valence-electron chi connectivity index (χ4n) is 3.63. The first-order chi connectivity index (χ1) is 16.4. The van der Waals surface area contributed by atoms with Crippen LogP contribution in [-0.2, 0) is 17.0 Å². The van der Waals surface area contributed by atoms with Crippen LogP contribution < -0.4 is 5.32 Å². The number of amides is 3. The third kappa shape index (κ3) is 4.29. The fourth-order valence-corrected chi connectivity index (χ4v) is 4.36. The van der Waals surface area contributed by atoms with Crippen molar-refractivity contribution in [1.82, 2.24) is 25.0 Å². The molecule has 10 nitrogen and oxygen atoms in total. The number of benzene rings is 2. The number of carbonyl (C=O) groups is 3. The molecule has 2 aromatic carbocycles. The zero-order valence-corrected chi connectivity index (χ0v) is 19.2. The van der Waals surface area contributed by atoms with Gasteiger partial charge in [0, 0.05) is 25.6 Å². The van der Waals surface area contributed by atoms with Gasteiger partial charge in [-0.2, -0.15) is 4.98 Å². The molecule has 0 fully saturated rings. The van der Waals surface area contributed by atoms with Crippen molar-refractivity contribution >= 4 is 46.2 Å². The summed E-state index contributed by atoms with van der Waals surface area (Å²) in [6.45, 7) is 2.03. The largest absolute Gasteiger partial charge is 0.339 e. The van der Waals surface area contributed by atoms with E-state index in [1.165, 1.54) is 24.9 Å². The van der Waals surface area contributed by atoms with E-state index in [2.05, 4.69) is 25.4 Å². The topological polar surface area (TPSA) is 134 Å². The van der Waals surface area contributed by atoms with E-state index in [0.717, 1.165) is 26.7 Å². The van der Waals surface area contributed by atoms with Gasteiger partial charge in [-0.05, 0) is 42.8 Å². The first-order valence-corrected chi connectivity index (χ1v) is 11.5. The van der Waals surface area contributed by atoms with Crippen LogP contribution in [-0.4, -0.2) is 49.8 Å². The summed E-state index contributed by atoms with van der Waals surface area (Å²) in [5, 5.41) is 7.47. The molecule has 0 bridgehead atoms. The molecule has 34 heavy (non-hydrogen) atoms. The van der Waals surface area contributed by atoms with Crippen LogP contribution in [0.4, 0.5) is 5.69 Å². The van der Waals surface area contributed by atoms with E-state index in [4.69, 9.17) is 4.52 Å². The number of nitrogens with zero attached hydrogens (tertiary/aromatic N) is 4. The second-order valence-corrected chi connectivity index (χ2v) is 8.90. The lowest BCUT2D eigenvalue weighted by Gasteiger charge is -2.05. The monoisotopic (exact) mass is 476 g/mol. The standard InChI is InChI=1S/C23H20N6O4S/c1-12-3-6-16-17(9-12)26-23(25-16)34-11-18-27-20(33-28-18)8-7-19(30)24-13-4-5-14-15(10-13)22(32)29(2)21(14)31/h3-6,9-10H,7-8,11H2,1-2H3,(H,24,30)(H,25,26). The van der Waals surface area contributed by atoms with Crippen LogP contribution in [0.25, 0.3) is 11.0 Å². The Balaban J connectivity index is 1.14. The lowest BCUT2D eigenvalue weighted by atomic mass is 10.1. The number of hydrogen-bond acceptors (Lipinski definition) is 8. The van der Waals surface area contributed by atoms with Gasteiger partial charge in [0.15, 0.2) is 11.0 Å². The number of thioether (sulfide) groups is 1. The molecule has 2 aromatic heterocycles. The molecule has 0 radical (unpaired) electrons. The second kappa shape index (κ2) is 8.75. The average Bonchev–Trinajstić information content (AvgIpc) is 3.50. The van der Waals surface area contributed by atoms with E-state index >= 15 is 0 Å². The van der Waals surface area contributed by atoms with Gasteiger partial charge in [-0.3, -0.25) is 19.3 Å². The van der Waals surface area contributed by atoms with Crippen LogP contribution in [0.1, 0.15) is 44.4 Å². The third-order valence-corrected chi connectivity index (χ3v) is 6.27. The zero-order chi connectivity index (χ0) is 23.8. The van der Waals surface area contributed by atoms with Crippen LogP contribution in [0.15, 0.2) is 46.1 Å². The maximum atomic E-state index is 12.3. The van der Waals surface area contributed by atoms with Gasteiger partial charge in [0.1, 0.15) is 0 Å². The van der Waals surface area contributed by atoms with Gasteiger partial charge < -0.3 is 14.8 Å². The third-order valence-electron chi connectivity index (χ3n) is 5.40. The summed E-state index contributed by atoms with van der Waals surface area (Å²) in [6.07, 6.45) is 0.403. The predicted molar refractivity (Wildman–Crippen MR) is 125 cm³/mol. The molecule has 0 atom stereocenters. The highest BCUT2D eigenvalue weighted by atomic mass is 32.2. The van der Waals surface area contributed by atoms with Gasteiger partial charge >= 0.3 is 0 Å². The number of imidazole rings is 1. The summed E-state index contributed by atoms with van der Waals surface area (Å²) in [5.74, 6) is 0.357. The smallest absolute Gasteiger partial charge is 0.261 e. The predicted octanol–water partition coefficient (Wildman–Crippen LogP) is 3.34. The first-order valence-electron chi connectivity index (χ1n) is 10.5. The molecule has 172 valence electrons. The highest BCUT2D eigenvalue weighted by molar-refractivity contribution is 7.98. The molecular formula is C23H20N6O4S. The minimum absolute atomic E-state index is 0.127. The molecule has 0 saturated carbocycles. The van der Waals surface area contributed by atoms with E-state index in [1.54, 1.807) is 12.1 Å². The number of H-pyrrole nitrogens is 1. The number of aromatic nitrogens is 4. The van der Waals surface area contributed by atoms with Gasteiger partial charge in [-0.25, -0.2) is 4.98 Å². The van der Waals surface area contributed by atoms with Crippen LogP contribution in [0.2, 0.25) is 0 Å². The van der Waals surface area contributed by atoms with E-state index in [0.29, 0.717) is 28.7 Å². The molecule has 3 heterocycles. The maximum absolute atomic E-state index is 12.3. The van der Waals surface area contributed by atoms with E-state index in [-0.39, 0.29) is 36.1 Å². The highest BCUT2D eigenvalue weighted by Gasteiger charge is 2.32.